The summed E-state index contributed by atoms with van der Waals surface area (Å²) in [5, 5.41) is 44.8. The monoisotopic (exact) mass is 741 g/mol. The molecule has 2 aromatic carbocycles. The number of ether oxygens (including phenoxy) is 1. The van der Waals surface area contributed by atoms with E-state index in [0.717, 1.165) is 9.36 Å². The minimum Gasteiger partial charge on any atom is -0.479 e. The molecule has 5 aromatic heterocycles. The van der Waals surface area contributed by atoms with Gasteiger partial charge in [0.15, 0.2) is 40.9 Å². The van der Waals surface area contributed by atoms with Crippen LogP contribution in [0.1, 0.15) is 32.1 Å². The van der Waals surface area contributed by atoms with Crippen LogP contribution in [0.25, 0.3) is 23.3 Å². The molecule has 7 aromatic rings. The van der Waals surface area contributed by atoms with Crippen LogP contribution in [0.5, 0.6) is 6.01 Å². The summed E-state index contributed by atoms with van der Waals surface area (Å²) in [6.45, 7) is 3.18. The Morgan fingerprint density at radius 2 is 1.15 bits per heavy atom. The molecule has 0 aliphatic heterocycles. The molecular formula is C33H27N17O5. The number of esters is 1. The van der Waals surface area contributed by atoms with Gasteiger partial charge < -0.3 is 21.3 Å². The van der Waals surface area contributed by atoms with Gasteiger partial charge in [0, 0.05) is 0 Å². The number of rotatable bonds is 11. The third-order valence-electron chi connectivity index (χ3n) is 7.86. The van der Waals surface area contributed by atoms with Crippen LogP contribution in [-0.2, 0) is 9.53 Å². The average molecular weight is 742 g/mol. The summed E-state index contributed by atoms with van der Waals surface area (Å²) < 4.78 is 9.81. The molecule has 0 atom stereocenters. The lowest BCUT2D eigenvalue weighted by atomic mass is 10.2. The van der Waals surface area contributed by atoms with Gasteiger partial charge in [-0.1, -0.05) is 36.4 Å². The number of Topliss-reactive ketones (excluding diaryl/α,β-unsaturated/α-hetero) is 1. The molecule has 0 saturated carbocycles. The van der Waals surface area contributed by atoms with Gasteiger partial charge in [-0.2, -0.15) is 44.7 Å². The number of carbonyl (C=O) groups is 3. The summed E-state index contributed by atoms with van der Waals surface area (Å²) in [6.07, 6.45) is 2.67. The van der Waals surface area contributed by atoms with Crippen molar-refractivity contribution in [2.75, 3.05) is 18.6 Å². The van der Waals surface area contributed by atoms with E-state index in [-0.39, 0.29) is 75.3 Å². The fourth-order valence-electron chi connectivity index (χ4n) is 5.24. The highest BCUT2D eigenvalue weighted by Gasteiger charge is 2.24. The highest BCUT2D eigenvalue weighted by Crippen LogP contribution is 2.34. The summed E-state index contributed by atoms with van der Waals surface area (Å²) >= 11 is 0. The Hall–Kier alpha value is -8.30. The fraction of sp³-hybridized carbons (Fsp3) is 0.0909. The highest BCUT2D eigenvalue weighted by atomic mass is 16.5. The summed E-state index contributed by atoms with van der Waals surface area (Å²) in [7, 11) is 1.23. The maximum absolute atomic E-state index is 12.5. The van der Waals surface area contributed by atoms with E-state index in [9.17, 15) is 19.5 Å². The Morgan fingerprint density at radius 1 is 0.691 bits per heavy atom. The Bertz CT molecular complexity index is 2660. The van der Waals surface area contributed by atoms with Crippen LogP contribution in [0.15, 0.2) is 93.5 Å². The van der Waals surface area contributed by atoms with E-state index in [1.165, 1.54) is 28.9 Å². The SMILES string of the molecule is COC(=O)c1cnn(-c2ccccc2)c1/N=N/c1c(C)nn(-c2nc(O)nc(-n3nc(C)c(/N=N/c4c(C(=O)C=O)cnn4-c4ccccc4)c3N)n2)c1N. The summed E-state index contributed by atoms with van der Waals surface area (Å²) in [5.41, 5.74) is 14.7. The normalized spacial score (nSPS) is 11.5. The first kappa shape index (κ1) is 35.1. The summed E-state index contributed by atoms with van der Waals surface area (Å²) in [5.74, 6) is -2.18. The van der Waals surface area contributed by atoms with Crippen molar-refractivity contribution in [2.24, 2.45) is 20.5 Å². The molecule has 274 valence electrons. The van der Waals surface area contributed by atoms with Gasteiger partial charge in [0.05, 0.1) is 47.8 Å². The first-order valence-electron chi connectivity index (χ1n) is 15.9. The number of nitrogens with zero attached hydrogens (tertiary/aromatic N) is 15. The number of aromatic hydroxyl groups is 1. The zero-order valence-corrected chi connectivity index (χ0v) is 28.9. The molecule has 7 rings (SSSR count). The summed E-state index contributed by atoms with van der Waals surface area (Å²) in [6, 6.07) is 17.0. The number of anilines is 2. The maximum Gasteiger partial charge on any atom is 0.343 e. The van der Waals surface area contributed by atoms with Gasteiger partial charge in [0.2, 0.25) is 5.78 Å². The second kappa shape index (κ2) is 14.4. The van der Waals surface area contributed by atoms with Gasteiger partial charge >= 0.3 is 12.0 Å². The molecule has 0 aliphatic rings. The van der Waals surface area contributed by atoms with Gasteiger partial charge in [-0.05, 0) is 38.1 Å². The van der Waals surface area contributed by atoms with E-state index in [0.29, 0.717) is 11.4 Å². The quantitative estimate of drug-likeness (QED) is 0.0553. The topological polar surface area (TPSA) is 292 Å². The van der Waals surface area contributed by atoms with E-state index >= 15 is 0 Å². The molecule has 5 heterocycles. The molecule has 5 N–H and O–H groups in total. The number of para-hydroxylation sites is 2. The van der Waals surface area contributed by atoms with E-state index in [1.807, 2.05) is 6.07 Å². The minimum absolute atomic E-state index is 0.0292. The number of nitrogens with two attached hydrogens (primary N) is 2. The number of azo groups is 2. The number of hydrogen-bond donors (Lipinski definition) is 3. The number of methoxy groups -OCH3 is 1. The smallest absolute Gasteiger partial charge is 0.343 e. The van der Waals surface area contributed by atoms with Gasteiger partial charge in [-0.25, -0.2) is 14.2 Å². The lowest BCUT2D eigenvalue weighted by Crippen LogP contribution is -2.13. The lowest BCUT2D eigenvalue weighted by Gasteiger charge is -2.06. The van der Waals surface area contributed by atoms with Crippen molar-refractivity contribution in [1.29, 1.82) is 0 Å². The second-order valence-electron chi connectivity index (χ2n) is 11.3. The largest absolute Gasteiger partial charge is 0.479 e. The van der Waals surface area contributed by atoms with E-state index in [4.69, 9.17) is 16.2 Å². The third-order valence-corrected chi connectivity index (χ3v) is 7.86. The highest BCUT2D eigenvalue weighted by molar-refractivity contribution is 6.34. The van der Waals surface area contributed by atoms with Crippen molar-refractivity contribution >= 4 is 52.7 Å². The lowest BCUT2D eigenvalue weighted by molar-refractivity contribution is -0.104. The predicted molar refractivity (Wildman–Crippen MR) is 191 cm³/mol. The van der Waals surface area contributed by atoms with E-state index < -0.39 is 17.8 Å². The average Bonchev–Trinajstić information content (AvgIpc) is 3.96. The zero-order chi connectivity index (χ0) is 38.8. The van der Waals surface area contributed by atoms with Crippen LogP contribution in [0.4, 0.5) is 34.6 Å². The molecule has 0 amide bonds. The van der Waals surface area contributed by atoms with Crippen molar-refractivity contribution in [3.8, 4) is 29.3 Å². The van der Waals surface area contributed by atoms with Crippen LogP contribution in [0, 0.1) is 13.8 Å². The van der Waals surface area contributed by atoms with Crippen LogP contribution in [0.3, 0.4) is 0 Å². The third kappa shape index (κ3) is 6.52. The second-order valence-corrected chi connectivity index (χ2v) is 11.3. The van der Waals surface area contributed by atoms with Crippen molar-refractivity contribution in [3.05, 3.63) is 95.6 Å². The van der Waals surface area contributed by atoms with Crippen molar-refractivity contribution in [1.82, 2.24) is 54.1 Å². The maximum atomic E-state index is 12.5. The predicted octanol–water partition coefficient (Wildman–Crippen LogP) is 4.10. The Balaban J connectivity index is 1.24. The zero-order valence-electron chi connectivity index (χ0n) is 28.9. The van der Waals surface area contributed by atoms with Crippen LogP contribution in [-0.4, -0.2) is 84.3 Å². The van der Waals surface area contributed by atoms with Gasteiger partial charge in [-0.3, -0.25) is 9.59 Å². The van der Waals surface area contributed by atoms with Gasteiger partial charge in [0.1, 0.15) is 5.56 Å². The number of ketones is 1. The van der Waals surface area contributed by atoms with Crippen molar-refractivity contribution < 1.29 is 24.2 Å². The molecular weight excluding hydrogens is 714 g/mol. The Labute approximate surface area is 308 Å². The molecule has 0 aliphatic carbocycles. The molecule has 22 heteroatoms. The van der Waals surface area contributed by atoms with Crippen LogP contribution >= 0.6 is 0 Å². The molecule has 0 unspecified atom stereocenters. The number of aryl methyl sites for hydroxylation is 2. The number of aldehydes is 1. The molecule has 22 nitrogen and oxygen atoms in total. The fourth-order valence-corrected chi connectivity index (χ4v) is 5.24. The number of carbonyl (C=O) groups excluding carboxylic acids is 3. The molecule has 0 bridgehead atoms. The number of aromatic nitrogens is 11. The van der Waals surface area contributed by atoms with E-state index in [1.54, 1.807) is 68.4 Å². The number of nitrogen functional groups attached to an aromatic ring is 2. The number of benzene rings is 2. The van der Waals surface area contributed by atoms with Crippen LogP contribution < -0.4 is 11.5 Å². The van der Waals surface area contributed by atoms with Gasteiger partial charge in [0.25, 0.3) is 11.9 Å². The Kier molecular flexibility index (Phi) is 9.18. The molecule has 0 saturated heterocycles. The Morgan fingerprint density at radius 3 is 1.60 bits per heavy atom. The van der Waals surface area contributed by atoms with Gasteiger partial charge in [-0.15, -0.1) is 20.5 Å². The standard InChI is InChI=1S/C33H27N17O5/c1-17-24(41-43-28-21(23(52)16-51)14-36-47(28)19-10-6-4-7-11-19)26(34)49(45-17)31-38-32(40-33(54)39-31)50-27(35)25(18(2)46-50)42-44-29-22(30(53)55-3)15-37-48(29)20-12-8-5-9-13-20/h4-16H,34-35H2,1-3H3,(H,38,39,40,54)/b43-41+,44-42+. The minimum atomic E-state index is -0.854. The number of hydrogen-bond acceptors (Lipinski definition) is 18. The first-order valence-corrected chi connectivity index (χ1v) is 15.9. The van der Waals surface area contributed by atoms with Crippen molar-refractivity contribution in [3.63, 3.8) is 0 Å². The molecule has 0 fully saturated rings. The van der Waals surface area contributed by atoms with Crippen molar-refractivity contribution in [2.45, 2.75) is 13.8 Å². The summed E-state index contributed by atoms with van der Waals surface area (Å²) in [4.78, 5) is 48.6. The van der Waals surface area contributed by atoms with E-state index in [2.05, 4.69) is 55.8 Å². The molecule has 0 radical (unpaired) electrons. The molecule has 0 spiro atoms. The first-order chi connectivity index (χ1) is 26.6. The van der Waals surface area contributed by atoms with Crippen LogP contribution in [0.2, 0.25) is 0 Å². The molecule has 55 heavy (non-hydrogen) atoms.